The van der Waals surface area contributed by atoms with Gasteiger partial charge in [-0.05, 0) is 30.4 Å². The van der Waals surface area contributed by atoms with Crippen LogP contribution < -0.4 is 5.32 Å². The van der Waals surface area contributed by atoms with E-state index in [-0.39, 0.29) is 22.7 Å². The molecule has 102 valence electrons. The third-order valence-electron chi connectivity index (χ3n) is 3.82. The molecule has 0 spiro atoms. The maximum absolute atomic E-state index is 12.2. The smallest absolute Gasteiger partial charge is 0.338 e. The van der Waals surface area contributed by atoms with Gasteiger partial charge in [0.15, 0.2) is 0 Å². The summed E-state index contributed by atoms with van der Waals surface area (Å²) in [6.07, 6.45) is 4.49. The fourth-order valence-electron chi connectivity index (χ4n) is 2.58. The highest BCUT2D eigenvalue weighted by Crippen LogP contribution is 2.37. The van der Waals surface area contributed by atoms with Crippen LogP contribution in [0.15, 0.2) is 18.3 Å². The van der Waals surface area contributed by atoms with E-state index < -0.39 is 11.9 Å². The van der Waals surface area contributed by atoms with Crippen molar-refractivity contribution in [2.24, 2.45) is 5.41 Å². The largest absolute Gasteiger partial charge is 0.478 e. The van der Waals surface area contributed by atoms with E-state index in [9.17, 15) is 9.59 Å². The van der Waals surface area contributed by atoms with Gasteiger partial charge in [0.1, 0.15) is 5.69 Å². The molecule has 2 rings (SSSR count). The molecule has 2 N–H and O–H groups in total. The van der Waals surface area contributed by atoms with Crippen molar-refractivity contribution in [2.75, 3.05) is 0 Å². The number of rotatable bonds is 3. The molecule has 0 bridgehead atoms. The van der Waals surface area contributed by atoms with Gasteiger partial charge < -0.3 is 10.4 Å². The molecule has 0 aromatic carbocycles. The quantitative estimate of drug-likeness (QED) is 0.874. The summed E-state index contributed by atoms with van der Waals surface area (Å²) in [5, 5.41) is 12.0. The monoisotopic (exact) mass is 262 g/mol. The molecule has 1 aliphatic rings. The van der Waals surface area contributed by atoms with Crippen molar-refractivity contribution in [1.29, 1.82) is 0 Å². The Morgan fingerprint density at radius 3 is 2.79 bits per heavy atom. The van der Waals surface area contributed by atoms with E-state index in [2.05, 4.69) is 24.1 Å². The lowest BCUT2D eigenvalue weighted by atomic mass is 9.87. The zero-order valence-corrected chi connectivity index (χ0v) is 11.1. The van der Waals surface area contributed by atoms with Gasteiger partial charge in [-0.1, -0.05) is 20.3 Å². The maximum Gasteiger partial charge on any atom is 0.338 e. The van der Waals surface area contributed by atoms with Crippen LogP contribution in [0.4, 0.5) is 0 Å². The first-order chi connectivity index (χ1) is 8.92. The number of hydrogen-bond donors (Lipinski definition) is 2. The van der Waals surface area contributed by atoms with Crippen LogP contribution in [0.25, 0.3) is 0 Å². The number of carbonyl (C=O) groups excluding carboxylic acids is 1. The summed E-state index contributed by atoms with van der Waals surface area (Å²) >= 11 is 0. The Morgan fingerprint density at radius 1 is 1.47 bits per heavy atom. The number of nitrogens with zero attached hydrogens (tertiary/aromatic N) is 1. The number of hydrogen-bond acceptors (Lipinski definition) is 3. The van der Waals surface area contributed by atoms with E-state index in [1.807, 2.05) is 0 Å². The minimum Gasteiger partial charge on any atom is -0.478 e. The Labute approximate surface area is 112 Å². The molecule has 1 amide bonds. The van der Waals surface area contributed by atoms with Crippen LogP contribution in [-0.2, 0) is 0 Å². The number of pyridine rings is 1. The summed E-state index contributed by atoms with van der Waals surface area (Å²) in [7, 11) is 0. The van der Waals surface area contributed by atoms with Gasteiger partial charge in [0, 0.05) is 12.2 Å². The standard InChI is InChI=1S/C14H18N2O3/c1-14(2)7-3-6-10(14)16-12(17)11-9(13(18)19)5-4-8-15-11/h4-5,8,10H,3,6-7H2,1-2H3,(H,16,17)(H,18,19). The molecule has 19 heavy (non-hydrogen) atoms. The molecule has 1 fully saturated rings. The minimum atomic E-state index is -1.14. The fourth-order valence-corrected chi connectivity index (χ4v) is 2.58. The topological polar surface area (TPSA) is 79.3 Å². The lowest BCUT2D eigenvalue weighted by Crippen LogP contribution is -2.42. The SMILES string of the molecule is CC1(C)CCCC1NC(=O)c1ncccc1C(=O)O. The lowest BCUT2D eigenvalue weighted by molar-refractivity contribution is 0.0688. The number of amides is 1. The predicted octanol–water partition coefficient (Wildman–Crippen LogP) is 2.09. The van der Waals surface area contributed by atoms with E-state index in [1.54, 1.807) is 0 Å². The second kappa shape index (κ2) is 4.99. The summed E-state index contributed by atoms with van der Waals surface area (Å²) in [6.45, 7) is 4.23. The molecular weight excluding hydrogens is 244 g/mol. The molecule has 1 aromatic heterocycles. The summed E-state index contributed by atoms with van der Waals surface area (Å²) in [6, 6.07) is 2.98. The summed E-state index contributed by atoms with van der Waals surface area (Å²) < 4.78 is 0. The molecular formula is C14H18N2O3. The van der Waals surface area contributed by atoms with Crippen LogP contribution in [-0.4, -0.2) is 28.0 Å². The van der Waals surface area contributed by atoms with Gasteiger partial charge in [-0.3, -0.25) is 9.78 Å². The first kappa shape index (κ1) is 13.5. The number of carbonyl (C=O) groups is 2. The number of aromatic nitrogens is 1. The molecule has 0 saturated heterocycles. The molecule has 0 radical (unpaired) electrons. The van der Waals surface area contributed by atoms with Gasteiger partial charge in [-0.25, -0.2) is 4.79 Å². The van der Waals surface area contributed by atoms with Crippen molar-refractivity contribution in [2.45, 2.75) is 39.2 Å². The first-order valence-electron chi connectivity index (χ1n) is 6.41. The van der Waals surface area contributed by atoms with E-state index in [0.29, 0.717) is 0 Å². The molecule has 1 atom stereocenters. The van der Waals surface area contributed by atoms with Crippen molar-refractivity contribution in [3.05, 3.63) is 29.6 Å². The molecule has 1 unspecified atom stereocenters. The van der Waals surface area contributed by atoms with Crippen LogP contribution in [0.1, 0.15) is 54.0 Å². The summed E-state index contributed by atoms with van der Waals surface area (Å²) in [4.78, 5) is 27.1. The average Bonchev–Trinajstić information content (AvgIpc) is 2.68. The van der Waals surface area contributed by atoms with Gasteiger partial charge in [-0.15, -0.1) is 0 Å². The minimum absolute atomic E-state index is 0.0160. The van der Waals surface area contributed by atoms with Crippen LogP contribution >= 0.6 is 0 Å². The first-order valence-corrected chi connectivity index (χ1v) is 6.41. The van der Waals surface area contributed by atoms with Crippen LogP contribution in [0.2, 0.25) is 0 Å². The summed E-state index contributed by atoms with van der Waals surface area (Å²) in [5.41, 5.74) is -0.0260. The highest BCUT2D eigenvalue weighted by molar-refractivity contribution is 6.03. The van der Waals surface area contributed by atoms with E-state index in [0.717, 1.165) is 19.3 Å². The van der Waals surface area contributed by atoms with Gasteiger partial charge in [-0.2, -0.15) is 0 Å². The Balaban J connectivity index is 2.19. The van der Waals surface area contributed by atoms with Crippen molar-refractivity contribution in [3.63, 3.8) is 0 Å². The molecule has 5 heteroatoms. The van der Waals surface area contributed by atoms with E-state index in [4.69, 9.17) is 5.11 Å². The molecule has 0 aliphatic heterocycles. The number of nitrogens with one attached hydrogen (secondary N) is 1. The zero-order chi connectivity index (χ0) is 14.0. The Kier molecular flexibility index (Phi) is 3.55. The Bertz CT molecular complexity index is 511. The molecule has 5 nitrogen and oxygen atoms in total. The molecule has 1 heterocycles. The number of carboxylic acid groups (broad SMARTS) is 1. The Morgan fingerprint density at radius 2 is 2.21 bits per heavy atom. The average molecular weight is 262 g/mol. The second-order valence-electron chi connectivity index (χ2n) is 5.61. The van der Waals surface area contributed by atoms with E-state index in [1.165, 1.54) is 18.3 Å². The van der Waals surface area contributed by atoms with Gasteiger partial charge in [0.05, 0.1) is 5.56 Å². The van der Waals surface area contributed by atoms with Crippen molar-refractivity contribution in [1.82, 2.24) is 10.3 Å². The maximum atomic E-state index is 12.2. The lowest BCUT2D eigenvalue weighted by Gasteiger charge is -2.27. The highest BCUT2D eigenvalue weighted by atomic mass is 16.4. The zero-order valence-electron chi connectivity index (χ0n) is 11.1. The van der Waals surface area contributed by atoms with Crippen LogP contribution in [0.3, 0.4) is 0 Å². The van der Waals surface area contributed by atoms with Gasteiger partial charge in [0.2, 0.25) is 0 Å². The molecule has 1 aliphatic carbocycles. The van der Waals surface area contributed by atoms with Crippen molar-refractivity contribution in [3.8, 4) is 0 Å². The summed E-state index contributed by atoms with van der Waals surface area (Å²) in [5.74, 6) is -1.54. The fraction of sp³-hybridized carbons (Fsp3) is 0.500. The van der Waals surface area contributed by atoms with E-state index >= 15 is 0 Å². The second-order valence-corrected chi connectivity index (χ2v) is 5.61. The Hall–Kier alpha value is -1.91. The number of carboxylic acids is 1. The molecule has 1 saturated carbocycles. The van der Waals surface area contributed by atoms with Crippen molar-refractivity contribution >= 4 is 11.9 Å². The van der Waals surface area contributed by atoms with Crippen LogP contribution in [0, 0.1) is 5.41 Å². The van der Waals surface area contributed by atoms with Crippen LogP contribution in [0.5, 0.6) is 0 Å². The third-order valence-corrected chi connectivity index (χ3v) is 3.82. The highest BCUT2D eigenvalue weighted by Gasteiger charge is 2.36. The number of aromatic carboxylic acids is 1. The van der Waals surface area contributed by atoms with Crippen molar-refractivity contribution < 1.29 is 14.7 Å². The van der Waals surface area contributed by atoms with Gasteiger partial charge in [0.25, 0.3) is 5.91 Å². The molecule has 1 aromatic rings. The van der Waals surface area contributed by atoms with Gasteiger partial charge >= 0.3 is 5.97 Å². The normalized spacial score (nSPS) is 21.1. The predicted molar refractivity (Wildman–Crippen MR) is 70.1 cm³/mol. The third kappa shape index (κ3) is 2.75.